The molecule has 1 aliphatic heterocycles. The summed E-state index contributed by atoms with van der Waals surface area (Å²) < 4.78 is 27.5. The van der Waals surface area contributed by atoms with Crippen LogP contribution in [0.15, 0.2) is 11.0 Å². The van der Waals surface area contributed by atoms with Crippen LogP contribution in [0.4, 0.5) is 5.69 Å². The van der Waals surface area contributed by atoms with Crippen molar-refractivity contribution in [3.63, 3.8) is 0 Å². The average molecular weight is 311 g/mol. The minimum atomic E-state index is -3.48. The number of hydrogen-bond donors (Lipinski definition) is 1. The van der Waals surface area contributed by atoms with Crippen LogP contribution in [-0.4, -0.2) is 50.8 Å². The van der Waals surface area contributed by atoms with E-state index in [9.17, 15) is 8.42 Å². The van der Waals surface area contributed by atoms with Crippen molar-refractivity contribution in [1.82, 2.24) is 9.21 Å². The fraction of sp³-hybridized carbons (Fsp3) is 0.600. The van der Waals surface area contributed by atoms with Crippen LogP contribution in [0.3, 0.4) is 0 Å². The van der Waals surface area contributed by atoms with Crippen LogP contribution < -0.4 is 5.73 Å². The maximum absolute atomic E-state index is 13.0. The van der Waals surface area contributed by atoms with Gasteiger partial charge in [-0.25, -0.2) is 8.42 Å². The highest BCUT2D eigenvalue weighted by molar-refractivity contribution is 7.89. The molecule has 0 radical (unpaired) electrons. The summed E-state index contributed by atoms with van der Waals surface area (Å²) in [5.41, 5.74) is 8.97. The second-order valence-corrected chi connectivity index (χ2v) is 8.02. The van der Waals surface area contributed by atoms with Crippen molar-refractivity contribution in [1.29, 1.82) is 0 Å². The summed E-state index contributed by atoms with van der Waals surface area (Å²) >= 11 is 0. The lowest BCUT2D eigenvalue weighted by molar-refractivity contribution is 0.302. The number of aryl methyl sites for hydroxylation is 2. The van der Waals surface area contributed by atoms with Gasteiger partial charge < -0.3 is 10.6 Å². The Kier molecular flexibility index (Phi) is 4.33. The number of likely N-dealkylation sites (N-methyl/N-ethyl adjacent to an activating group) is 1. The average Bonchev–Trinajstić information content (AvgIpc) is 2.86. The van der Waals surface area contributed by atoms with E-state index < -0.39 is 10.0 Å². The van der Waals surface area contributed by atoms with Gasteiger partial charge in [0.1, 0.15) is 0 Å². The highest BCUT2D eigenvalue weighted by Gasteiger charge is 2.35. The second kappa shape index (κ2) is 5.59. The van der Waals surface area contributed by atoms with Crippen LogP contribution in [-0.2, 0) is 10.0 Å². The van der Waals surface area contributed by atoms with Gasteiger partial charge in [-0.15, -0.1) is 0 Å². The van der Waals surface area contributed by atoms with Crippen molar-refractivity contribution in [3.05, 3.63) is 22.8 Å². The topological polar surface area (TPSA) is 66.6 Å². The lowest BCUT2D eigenvalue weighted by atomic mass is 10.1. The van der Waals surface area contributed by atoms with Gasteiger partial charge in [0.25, 0.3) is 0 Å². The summed E-state index contributed by atoms with van der Waals surface area (Å²) in [4.78, 5) is 2.46. The smallest absolute Gasteiger partial charge is 0.243 e. The fourth-order valence-electron chi connectivity index (χ4n) is 3.06. The van der Waals surface area contributed by atoms with Crippen molar-refractivity contribution in [3.8, 4) is 0 Å². The molecule has 1 aromatic carbocycles. The van der Waals surface area contributed by atoms with Crippen molar-refractivity contribution in [2.45, 2.75) is 38.1 Å². The number of benzene rings is 1. The Hall–Kier alpha value is -1.11. The van der Waals surface area contributed by atoms with Crippen molar-refractivity contribution in [2.75, 3.05) is 32.9 Å². The van der Waals surface area contributed by atoms with Crippen molar-refractivity contribution >= 4 is 15.7 Å². The molecule has 0 aromatic heterocycles. The zero-order valence-electron chi connectivity index (χ0n) is 13.5. The third kappa shape index (κ3) is 2.80. The molecule has 0 spiro atoms. The Balaban J connectivity index is 2.45. The minimum absolute atomic E-state index is 0.281. The molecule has 1 heterocycles. The van der Waals surface area contributed by atoms with Crippen LogP contribution in [0.5, 0.6) is 0 Å². The van der Waals surface area contributed by atoms with E-state index in [0.29, 0.717) is 29.2 Å². The zero-order valence-corrected chi connectivity index (χ0v) is 14.3. The fourth-order valence-corrected chi connectivity index (χ4v) is 4.99. The van der Waals surface area contributed by atoms with Gasteiger partial charge in [0, 0.05) is 24.8 Å². The van der Waals surface area contributed by atoms with E-state index in [0.717, 1.165) is 17.5 Å². The van der Waals surface area contributed by atoms with Crippen LogP contribution in [0.25, 0.3) is 0 Å². The van der Waals surface area contributed by atoms with E-state index in [1.165, 1.54) is 0 Å². The first-order valence-corrected chi connectivity index (χ1v) is 8.63. The largest absolute Gasteiger partial charge is 0.398 e. The van der Waals surface area contributed by atoms with Crippen LogP contribution >= 0.6 is 0 Å². The Morgan fingerprint density at radius 1 is 1.24 bits per heavy atom. The summed E-state index contributed by atoms with van der Waals surface area (Å²) in [6.45, 7) is 6.65. The molecule has 1 aromatic rings. The second-order valence-electron chi connectivity index (χ2n) is 6.15. The van der Waals surface area contributed by atoms with Gasteiger partial charge >= 0.3 is 0 Å². The molecule has 1 saturated heterocycles. The molecule has 1 atom stereocenters. The predicted molar refractivity (Wildman–Crippen MR) is 85.9 cm³/mol. The molecule has 118 valence electrons. The van der Waals surface area contributed by atoms with Gasteiger partial charge in [-0.2, -0.15) is 4.31 Å². The predicted octanol–water partition coefficient (Wildman–Crippen LogP) is 1.52. The number of hydrogen-bond acceptors (Lipinski definition) is 4. The van der Waals surface area contributed by atoms with Gasteiger partial charge in [0.05, 0.1) is 4.90 Å². The number of nitrogens with zero attached hydrogens (tertiary/aromatic N) is 2. The quantitative estimate of drug-likeness (QED) is 0.860. The highest BCUT2D eigenvalue weighted by Crippen LogP contribution is 2.32. The van der Waals surface area contributed by atoms with E-state index in [1.54, 1.807) is 11.2 Å². The summed E-state index contributed by atoms with van der Waals surface area (Å²) in [5, 5.41) is 0. The van der Waals surface area contributed by atoms with Crippen LogP contribution in [0, 0.1) is 20.8 Å². The first kappa shape index (κ1) is 16.3. The molecule has 2 N–H and O–H groups in total. The maximum Gasteiger partial charge on any atom is 0.243 e. The molecule has 1 unspecified atom stereocenters. The maximum atomic E-state index is 13.0. The van der Waals surface area contributed by atoms with E-state index in [4.69, 9.17) is 5.73 Å². The minimum Gasteiger partial charge on any atom is -0.398 e. The Bertz CT molecular complexity index is 653. The summed E-state index contributed by atoms with van der Waals surface area (Å²) in [5.74, 6) is 0. The molecule has 5 nitrogen and oxygen atoms in total. The van der Waals surface area contributed by atoms with E-state index in [1.807, 2.05) is 34.0 Å². The molecule has 0 amide bonds. The number of anilines is 1. The lowest BCUT2D eigenvalue weighted by Crippen LogP contribution is -2.35. The highest BCUT2D eigenvalue weighted by atomic mass is 32.2. The third-order valence-corrected chi connectivity index (χ3v) is 6.57. The first-order chi connectivity index (χ1) is 9.66. The molecule has 1 fully saturated rings. The van der Waals surface area contributed by atoms with Gasteiger partial charge in [-0.05, 0) is 58.0 Å². The molecule has 1 aliphatic rings. The molecule has 0 bridgehead atoms. The zero-order chi connectivity index (χ0) is 15.9. The molecule has 21 heavy (non-hydrogen) atoms. The number of nitrogens with two attached hydrogens (primary N) is 1. The number of nitrogen functional groups attached to an aromatic ring is 1. The summed E-state index contributed by atoms with van der Waals surface area (Å²) in [7, 11) is 0.495. The SMILES string of the molecule is Cc1cc(C)c(S(=O)(=O)N2CCC(N(C)C)C2)c(C)c1N. The molecular weight excluding hydrogens is 286 g/mol. The van der Waals surface area contributed by atoms with E-state index in [2.05, 4.69) is 4.90 Å². The Morgan fingerprint density at radius 2 is 1.86 bits per heavy atom. The molecule has 6 heteroatoms. The van der Waals surface area contributed by atoms with Crippen molar-refractivity contribution < 1.29 is 8.42 Å². The van der Waals surface area contributed by atoms with Gasteiger partial charge in [-0.3, -0.25) is 0 Å². The molecule has 0 saturated carbocycles. The molecule has 2 rings (SSSR count). The third-order valence-electron chi connectivity index (χ3n) is 4.41. The van der Waals surface area contributed by atoms with Crippen LogP contribution in [0.1, 0.15) is 23.1 Å². The first-order valence-electron chi connectivity index (χ1n) is 7.19. The van der Waals surface area contributed by atoms with E-state index >= 15 is 0 Å². The van der Waals surface area contributed by atoms with Gasteiger partial charge in [-0.1, -0.05) is 6.07 Å². The Morgan fingerprint density at radius 3 is 2.38 bits per heavy atom. The van der Waals surface area contributed by atoms with Crippen molar-refractivity contribution in [2.24, 2.45) is 0 Å². The summed E-state index contributed by atoms with van der Waals surface area (Å²) in [6.07, 6.45) is 0.867. The van der Waals surface area contributed by atoms with Gasteiger partial charge in [0.15, 0.2) is 0 Å². The standard InChI is InChI=1S/C15H25N3O2S/c1-10-8-11(2)15(12(3)14(10)16)21(19,20)18-7-6-13(9-18)17(4)5/h8,13H,6-7,9,16H2,1-5H3. The normalized spacial score (nSPS) is 20.4. The summed E-state index contributed by atoms with van der Waals surface area (Å²) in [6, 6.07) is 2.14. The number of rotatable bonds is 3. The van der Waals surface area contributed by atoms with Gasteiger partial charge in [0.2, 0.25) is 10.0 Å². The molecular formula is C15H25N3O2S. The Labute approximate surface area is 127 Å². The lowest BCUT2D eigenvalue weighted by Gasteiger charge is -2.23. The monoisotopic (exact) mass is 311 g/mol. The molecule has 0 aliphatic carbocycles. The van der Waals surface area contributed by atoms with E-state index in [-0.39, 0.29) is 6.04 Å². The van der Waals surface area contributed by atoms with Crippen LogP contribution in [0.2, 0.25) is 0 Å². The number of sulfonamides is 1.